The summed E-state index contributed by atoms with van der Waals surface area (Å²) in [5, 5.41) is 11.2. The number of ether oxygens (including phenoxy) is 1. The van der Waals surface area contributed by atoms with Crippen molar-refractivity contribution in [1.82, 2.24) is 0 Å². The Hall–Kier alpha value is -2.24. The lowest BCUT2D eigenvalue weighted by Crippen LogP contribution is -2.18. The maximum absolute atomic E-state index is 11.2. The van der Waals surface area contributed by atoms with Crippen LogP contribution in [0.2, 0.25) is 0 Å². The number of anilines is 1. The van der Waals surface area contributed by atoms with Gasteiger partial charge in [-0.1, -0.05) is 26.8 Å². The van der Waals surface area contributed by atoms with Crippen molar-refractivity contribution in [2.75, 3.05) is 12.4 Å². The number of carbonyl (C=O) groups is 2. The van der Waals surface area contributed by atoms with E-state index in [1.54, 1.807) is 6.07 Å². The van der Waals surface area contributed by atoms with Crippen LogP contribution >= 0.6 is 0 Å². The molecule has 0 aliphatic carbocycles. The third kappa shape index (κ3) is 3.88. The van der Waals surface area contributed by atoms with Crippen LogP contribution in [-0.2, 0) is 16.6 Å². The average molecular weight is 280 g/mol. The maximum Gasteiger partial charge on any atom is 0.409 e. The van der Waals surface area contributed by atoms with Gasteiger partial charge < -0.3 is 15.6 Å². The number of nitrogens with two attached hydrogens (primary N) is 1. The van der Waals surface area contributed by atoms with E-state index in [2.05, 4.69) is 5.32 Å². The van der Waals surface area contributed by atoms with Crippen LogP contribution in [0.15, 0.2) is 12.1 Å². The number of hydrogen-bond donors (Lipinski definition) is 3. The number of methoxy groups -OCH3 is 1. The number of nitrogens with one attached hydrogen (secondary N) is 1. The van der Waals surface area contributed by atoms with E-state index >= 15 is 0 Å². The predicted molar refractivity (Wildman–Crippen MR) is 76.2 cm³/mol. The molecule has 1 aromatic carbocycles. The highest BCUT2D eigenvalue weighted by Crippen LogP contribution is 2.35. The number of hydrogen-bond acceptors (Lipinski definition) is 3. The highest BCUT2D eigenvalue weighted by molar-refractivity contribution is 5.87. The van der Waals surface area contributed by atoms with Crippen molar-refractivity contribution in [2.45, 2.75) is 32.6 Å². The van der Waals surface area contributed by atoms with Crippen molar-refractivity contribution >= 4 is 17.7 Å². The van der Waals surface area contributed by atoms with Gasteiger partial charge in [-0.05, 0) is 17.0 Å². The number of benzene rings is 1. The Morgan fingerprint density at radius 1 is 1.35 bits per heavy atom. The molecule has 0 bridgehead atoms. The molecule has 1 aromatic rings. The Bertz CT molecular complexity index is 495. The van der Waals surface area contributed by atoms with E-state index in [-0.39, 0.29) is 11.8 Å². The summed E-state index contributed by atoms with van der Waals surface area (Å²) in [5.41, 5.74) is 6.79. The second-order valence-corrected chi connectivity index (χ2v) is 5.54. The number of amides is 2. The number of carboxylic acid groups (broad SMARTS) is 1. The lowest BCUT2D eigenvalue weighted by atomic mass is 9.85. The van der Waals surface area contributed by atoms with Crippen LogP contribution in [0.1, 0.15) is 31.9 Å². The van der Waals surface area contributed by atoms with Crippen LogP contribution in [-0.4, -0.2) is 24.2 Å². The average Bonchev–Trinajstić information content (AvgIpc) is 2.25. The molecule has 0 atom stereocenters. The van der Waals surface area contributed by atoms with Crippen LogP contribution in [0.5, 0.6) is 5.75 Å². The second-order valence-electron chi connectivity index (χ2n) is 5.54. The number of carbonyl (C=O) groups excluding carboxylic acids is 1. The fourth-order valence-corrected chi connectivity index (χ4v) is 1.89. The molecule has 0 unspecified atom stereocenters. The first kappa shape index (κ1) is 15.8. The molecule has 0 saturated carbocycles. The summed E-state index contributed by atoms with van der Waals surface area (Å²) in [4.78, 5) is 22.0. The van der Waals surface area contributed by atoms with Crippen molar-refractivity contribution in [3.05, 3.63) is 23.3 Å². The minimum Gasteiger partial charge on any atom is -0.494 e. The summed E-state index contributed by atoms with van der Waals surface area (Å²) in [7, 11) is 1.42. The molecule has 0 fully saturated rings. The molecule has 0 aromatic heterocycles. The smallest absolute Gasteiger partial charge is 0.409 e. The Morgan fingerprint density at radius 3 is 2.35 bits per heavy atom. The lowest BCUT2D eigenvalue weighted by Gasteiger charge is -2.23. The molecule has 6 nitrogen and oxygen atoms in total. The van der Waals surface area contributed by atoms with Crippen molar-refractivity contribution in [3.8, 4) is 5.75 Å². The van der Waals surface area contributed by atoms with Gasteiger partial charge in [-0.3, -0.25) is 10.1 Å². The van der Waals surface area contributed by atoms with E-state index in [0.717, 1.165) is 5.56 Å². The normalized spacial score (nSPS) is 11.0. The predicted octanol–water partition coefficient (Wildman–Crippen LogP) is 2.11. The first-order valence-corrected chi connectivity index (χ1v) is 6.14. The minimum atomic E-state index is -1.20. The summed E-state index contributed by atoms with van der Waals surface area (Å²) in [5.74, 6) is -0.185. The Labute approximate surface area is 117 Å². The molecule has 0 heterocycles. The maximum atomic E-state index is 11.2. The fraction of sp³-hybridized carbons (Fsp3) is 0.429. The molecule has 0 aliphatic rings. The molecule has 0 spiro atoms. The van der Waals surface area contributed by atoms with Gasteiger partial charge in [0.15, 0.2) is 0 Å². The molecular weight excluding hydrogens is 260 g/mol. The summed E-state index contributed by atoms with van der Waals surface area (Å²) < 4.78 is 5.21. The lowest BCUT2D eigenvalue weighted by molar-refractivity contribution is -0.117. The standard InChI is InChI=1S/C14H20N2O4/c1-14(2,3)9-5-8(6-11(15)17)12(20-4)10(7-9)16-13(18)19/h5,7,16H,6H2,1-4H3,(H2,15,17)(H,18,19). The van der Waals surface area contributed by atoms with Crippen LogP contribution < -0.4 is 15.8 Å². The second kappa shape index (κ2) is 5.81. The minimum absolute atomic E-state index is 0.0125. The number of rotatable bonds is 4. The zero-order valence-corrected chi connectivity index (χ0v) is 12.1. The zero-order valence-electron chi connectivity index (χ0n) is 12.1. The van der Waals surface area contributed by atoms with E-state index < -0.39 is 12.0 Å². The van der Waals surface area contributed by atoms with E-state index in [9.17, 15) is 9.59 Å². The quantitative estimate of drug-likeness (QED) is 0.786. The molecule has 20 heavy (non-hydrogen) atoms. The Balaban J connectivity index is 3.46. The molecule has 0 saturated heterocycles. The summed E-state index contributed by atoms with van der Waals surface area (Å²) in [6, 6.07) is 3.52. The first-order chi connectivity index (χ1) is 9.15. The Morgan fingerprint density at radius 2 is 1.95 bits per heavy atom. The topological polar surface area (TPSA) is 102 Å². The largest absolute Gasteiger partial charge is 0.494 e. The molecule has 6 heteroatoms. The highest BCUT2D eigenvalue weighted by Gasteiger charge is 2.21. The summed E-state index contributed by atoms with van der Waals surface area (Å²) >= 11 is 0. The molecule has 1 rings (SSSR count). The molecular formula is C14H20N2O4. The highest BCUT2D eigenvalue weighted by atomic mass is 16.5. The van der Waals surface area contributed by atoms with Crippen LogP contribution in [0, 0.1) is 0 Å². The SMILES string of the molecule is COc1c(CC(N)=O)cc(C(C)(C)C)cc1NC(=O)O. The fourth-order valence-electron chi connectivity index (χ4n) is 1.89. The van der Waals surface area contributed by atoms with E-state index in [0.29, 0.717) is 17.0 Å². The van der Waals surface area contributed by atoms with Crippen molar-refractivity contribution in [1.29, 1.82) is 0 Å². The summed E-state index contributed by atoms with van der Waals surface area (Å²) in [6.45, 7) is 5.98. The van der Waals surface area contributed by atoms with Gasteiger partial charge in [0, 0.05) is 5.56 Å². The van der Waals surface area contributed by atoms with E-state index in [1.807, 2.05) is 26.8 Å². The van der Waals surface area contributed by atoms with Gasteiger partial charge in [-0.25, -0.2) is 4.79 Å². The molecule has 0 radical (unpaired) electrons. The van der Waals surface area contributed by atoms with Crippen LogP contribution in [0.25, 0.3) is 0 Å². The van der Waals surface area contributed by atoms with Gasteiger partial charge in [-0.15, -0.1) is 0 Å². The molecule has 0 aliphatic heterocycles. The van der Waals surface area contributed by atoms with Gasteiger partial charge >= 0.3 is 6.09 Å². The van der Waals surface area contributed by atoms with Gasteiger partial charge in [0.05, 0.1) is 19.2 Å². The monoisotopic (exact) mass is 280 g/mol. The Kier molecular flexibility index (Phi) is 4.60. The van der Waals surface area contributed by atoms with Crippen molar-refractivity contribution < 1.29 is 19.4 Å². The van der Waals surface area contributed by atoms with Crippen LogP contribution in [0.4, 0.5) is 10.5 Å². The molecule has 2 amide bonds. The molecule has 110 valence electrons. The van der Waals surface area contributed by atoms with Gasteiger partial charge in [0.25, 0.3) is 0 Å². The third-order valence-electron chi connectivity index (χ3n) is 2.84. The van der Waals surface area contributed by atoms with Crippen molar-refractivity contribution in [2.24, 2.45) is 5.73 Å². The van der Waals surface area contributed by atoms with E-state index in [1.165, 1.54) is 7.11 Å². The zero-order chi connectivity index (χ0) is 15.5. The van der Waals surface area contributed by atoms with Crippen molar-refractivity contribution in [3.63, 3.8) is 0 Å². The van der Waals surface area contributed by atoms with Gasteiger partial charge in [-0.2, -0.15) is 0 Å². The number of primary amides is 1. The third-order valence-corrected chi connectivity index (χ3v) is 2.84. The van der Waals surface area contributed by atoms with Crippen LogP contribution in [0.3, 0.4) is 0 Å². The molecule has 4 N–H and O–H groups in total. The first-order valence-electron chi connectivity index (χ1n) is 6.14. The van der Waals surface area contributed by atoms with E-state index in [4.69, 9.17) is 15.6 Å². The van der Waals surface area contributed by atoms with Gasteiger partial charge in [0.1, 0.15) is 5.75 Å². The van der Waals surface area contributed by atoms with Gasteiger partial charge in [0.2, 0.25) is 5.91 Å². The summed E-state index contributed by atoms with van der Waals surface area (Å²) in [6.07, 6.45) is -1.21.